The SMILES string of the molecule is CCN1CCC(N2CC(COS(C)(=O)=O)OC2=O)CC1. The molecule has 2 rings (SSSR count). The van der Waals surface area contributed by atoms with E-state index in [0.717, 1.165) is 38.7 Å². The largest absolute Gasteiger partial charge is 0.442 e. The van der Waals surface area contributed by atoms with Gasteiger partial charge in [0.2, 0.25) is 0 Å². The fourth-order valence-electron chi connectivity index (χ4n) is 2.67. The summed E-state index contributed by atoms with van der Waals surface area (Å²) in [4.78, 5) is 15.9. The van der Waals surface area contributed by atoms with E-state index >= 15 is 0 Å². The molecule has 0 aromatic rings. The molecule has 0 radical (unpaired) electrons. The summed E-state index contributed by atoms with van der Waals surface area (Å²) >= 11 is 0. The molecule has 0 aromatic carbocycles. The smallest absolute Gasteiger partial charge is 0.410 e. The summed E-state index contributed by atoms with van der Waals surface area (Å²) in [6, 6.07) is 0.188. The number of amides is 1. The number of likely N-dealkylation sites (tertiary alicyclic amines) is 1. The van der Waals surface area contributed by atoms with Gasteiger partial charge in [0.05, 0.1) is 12.8 Å². The molecule has 0 aliphatic carbocycles. The van der Waals surface area contributed by atoms with Crippen molar-refractivity contribution in [1.82, 2.24) is 9.80 Å². The van der Waals surface area contributed by atoms with Gasteiger partial charge >= 0.3 is 6.09 Å². The fraction of sp³-hybridized carbons (Fsp3) is 0.917. The monoisotopic (exact) mass is 306 g/mol. The van der Waals surface area contributed by atoms with Crippen LogP contribution >= 0.6 is 0 Å². The van der Waals surface area contributed by atoms with E-state index in [9.17, 15) is 13.2 Å². The van der Waals surface area contributed by atoms with E-state index in [-0.39, 0.29) is 18.7 Å². The number of piperidine rings is 1. The second-order valence-electron chi connectivity index (χ2n) is 5.31. The minimum Gasteiger partial charge on any atom is -0.442 e. The molecule has 0 N–H and O–H groups in total. The van der Waals surface area contributed by atoms with E-state index in [1.54, 1.807) is 4.90 Å². The molecule has 2 fully saturated rings. The highest BCUT2D eigenvalue weighted by atomic mass is 32.2. The summed E-state index contributed by atoms with van der Waals surface area (Å²) in [5.41, 5.74) is 0. The fourth-order valence-corrected chi connectivity index (χ4v) is 3.07. The number of hydrogen-bond acceptors (Lipinski definition) is 6. The topological polar surface area (TPSA) is 76.2 Å². The average molecular weight is 306 g/mol. The second kappa shape index (κ2) is 6.28. The quantitative estimate of drug-likeness (QED) is 0.679. The van der Waals surface area contributed by atoms with Gasteiger partial charge in [0, 0.05) is 19.1 Å². The highest BCUT2D eigenvalue weighted by Crippen LogP contribution is 2.22. The average Bonchev–Trinajstić information content (AvgIpc) is 2.77. The highest BCUT2D eigenvalue weighted by molar-refractivity contribution is 7.85. The van der Waals surface area contributed by atoms with Crippen molar-refractivity contribution in [3.05, 3.63) is 0 Å². The number of cyclic esters (lactones) is 1. The zero-order valence-electron chi connectivity index (χ0n) is 11.9. The number of ether oxygens (including phenoxy) is 1. The molecule has 20 heavy (non-hydrogen) atoms. The molecular weight excluding hydrogens is 284 g/mol. The van der Waals surface area contributed by atoms with Gasteiger partial charge in [-0.05, 0) is 19.4 Å². The summed E-state index contributed by atoms with van der Waals surface area (Å²) in [6.45, 7) is 5.43. The maximum absolute atomic E-state index is 11.8. The molecule has 0 spiro atoms. The molecule has 2 heterocycles. The minimum atomic E-state index is -3.50. The van der Waals surface area contributed by atoms with Gasteiger partial charge < -0.3 is 14.5 Å². The highest BCUT2D eigenvalue weighted by Gasteiger charge is 2.37. The van der Waals surface area contributed by atoms with Crippen molar-refractivity contribution in [2.45, 2.75) is 31.9 Å². The molecule has 1 atom stereocenters. The van der Waals surface area contributed by atoms with Crippen LogP contribution in [0, 0.1) is 0 Å². The first-order valence-electron chi connectivity index (χ1n) is 6.93. The first kappa shape index (κ1) is 15.5. The van der Waals surface area contributed by atoms with Crippen molar-refractivity contribution in [2.75, 3.05) is 39.0 Å². The van der Waals surface area contributed by atoms with Crippen molar-refractivity contribution in [1.29, 1.82) is 0 Å². The number of rotatable bonds is 5. The van der Waals surface area contributed by atoms with Crippen LogP contribution in [0.4, 0.5) is 4.79 Å². The van der Waals surface area contributed by atoms with Crippen molar-refractivity contribution >= 4 is 16.2 Å². The van der Waals surface area contributed by atoms with Gasteiger partial charge in [-0.3, -0.25) is 4.18 Å². The van der Waals surface area contributed by atoms with E-state index in [4.69, 9.17) is 8.92 Å². The van der Waals surface area contributed by atoms with Gasteiger partial charge in [0.15, 0.2) is 0 Å². The maximum atomic E-state index is 11.8. The van der Waals surface area contributed by atoms with Crippen LogP contribution in [0.25, 0.3) is 0 Å². The lowest BCUT2D eigenvalue weighted by molar-refractivity contribution is 0.0993. The Morgan fingerprint density at radius 1 is 1.35 bits per heavy atom. The summed E-state index contributed by atoms with van der Waals surface area (Å²) in [5, 5.41) is 0. The summed E-state index contributed by atoms with van der Waals surface area (Å²) in [5.74, 6) is 0. The van der Waals surface area contributed by atoms with E-state index in [1.165, 1.54) is 0 Å². The third kappa shape index (κ3) is 4.07. The third-order valence-electron chi connectivity index (χ3n) is 3.82. The summed E-state index contributed by atoms with van der Waals surface area (Å²) in [7, 11) is -3.50. The van der Waals surface area contributed by atoms with Crippen LogP contribution in [0.5, 0.6) is 0 Å². The Bertz CT molecular complexity index is 445. The Morgan fingerprint density at radius 3 is 2.55 bits per heavy atom. The predicted octanol–water partition coefficient (Wildman–Crippen LogP) is 0.268. The first-order chi connectivity index (χ1) is 9.39. The van der Waals surface area contributed by atoms with Crippen molar-refractivity contribution in [3.63, 3.8) is 0 Å². The molecular formula is C12H22N2O5S. The molecule has 1 amide bonds. The van der Waals surface area contributed by atoms with E-state index in [2.05, 4.69) is 11.8 Å². The number of hydrogen-bond donors (Lipinski definition) is 0. The van der Waals surface area contributed by atoms with Crippen molar-refractivity contribution < 1.29 is 22.1 Å². The Hall–Kier alpha value is -0.860. The number of carbonyl (C=O) groups is 1. The molecule has 2 aliphatic heterocycles. The van der Waals surface area contributed by atoms with Crippen molar-refractivity contribution in [3.8, 4) is 0 Å². The van der Waals surface area contributed by atoms with Crippen LogP contribution in [-0.4, -0.2) is 75.5 Å². The van der Waals surface area contributed by atoms with Gasteiger partial charge in [-0.15, -0.1) is 0 Å². The minimum absolute atomic E-state index is 0.102. The Balaban J connectivity index is 1.83. The van der Waals surface area contributed by atoms with E-state index in [1.807, 2.05) is 0 Å². The number of carbonyl (C=O) groups excluding carboxylic acids is 1. The van der Waals surface area contributed by atoms with Gasteiger partial charge in [0.25, 0.3) is 10.1 Å². The van der Waals surface area contributed by atoms with Gasteiger partial charge in [-0.25, -0.2) is 4.79 Å². The lowest BCUT2D eigenvalue weighted by atomic mass is 10.0. The third-order valence-corrected chi connectivity index (χ3v) is 4.38. The lowest BCUT2D eigenvalue weighted by Gasteiger charge is -2.34. The van der Waals surface area contributed by atoms with E-state index < -0.39 is 16.2 Å². The normalized spacial score (nSPS) is 26.0. The molecule has 8 heteroatoms. The van der Waals surface area contributed by atoms with Crippen LogP contribution in [0.2, 0.25) is 0 Å². The van der Waals surface area contributed by atoms with Crippen LogP contribution in [-0.2, 0) is 19.0 Å². The number of nitrogens with zero attached hydrogens (tertiary/aromatic N) is 2. The van der Waals surface area contributed by atoms with Crippen LogP contribution in [0.3, 0.4) is 0 Å². The Labute approximate surface area is 119 Å². The van der Waals surface area contributed by atoms with Crippen LogP contribution in [0.15, 0.2) is 0 Å². The Morgan fingerprint density at radius 2 is 2.00 bits per heavy atom. The van der Waals surface area contributed by atoms with Gasteiger partial charge in [-0.1, -0.05) is 6.92 Å². The standard InChI is InChI=1S/C12H22N2O5S/c1-3-13-6-4-10(5-7-13)14-8-11(19-12(14)15)9-18-20(2,16)17/h10-11H,3-9H2,1-2H3. The molecule has 2 aliphatic rings. The summed E-state index contributed by atoms with van der Waals surface area (Å²) in [6.07, 6.45) is 2.00. The van der Waals surface area contributed by atoms with Gasteiger partial charge in [0.1, 0.15) is 12.7 Å². The maximum Gasteiger partial charge on any atom is 0.410 e. The van der Waals surface area contributed by atoms with E-state index in [0.29, 0.717) is 6.54 Å². The van der Waals surface area contributed by atoms with Crippen LogP contribution in [0.1, 0.15) is 19.8 Å². The molecule has 0 saturated carbocycles. The molecule has 0 bridgehead atoms. The molecule has 0 aromatic heterocycles. The predicted molar refractivity (Wildman–Crippen MR) is 72.9 cm³/mol. The zero-order chi connectivity index (χ0) is 14.8. The first-order valence-corrected chi connectivity index (χ1v) is 8.74. The van der Waals surface area contributed by atoms with Gasteiger partial charge in [-0.2, -0.15) is 8.42 Å². The Kier molecular flexibility index (Phi) is 4.87. The molecule has 7 nitrogen and oxygen atoms in total. The zero-order valence-corrected chi connectivity index (χ0v) is 12.8. The lowest BCUT2D eigenvalue weighted by Crippen LogP contribution is -2.45. The van der Waals surface area contributed by atoms with Crippen LogP contribution < -0.4 is 0 Å². The molecule has 116 valence electrons. The molecule has 2 saturated heterocycles. The molecule has 1 unspecified atom stereocenters. The second-order valence-corrected chi connectivity index (χ2v) is 6.96. The summed E-state index contributed by atoms with van der Waals surface area (Å²) < 4.78 is 31.7. The van der Waals surface area contributed by atoms with Crippen molar-refractivity contribution in [2.24, 2.45) is 0 Å².